The van der Waals surface area contributed by atoms with E-state index in [2.05, 4.69) is 39.4 Å². The molecule has 0 N–H and O–H groups in total. The van der Waals surface area contributed by atoms with Gasteiger partial charge in [-0.2, -0.15) is 0 Å². The Morgan fingerprint density at radius 2 is 1.88 bits per heavy atom. The summed E-state index contributed by atoms with van der Waals surface area (Å²) in [5.41, 5.74) is 6.28. The van der Waals surface area contributed by atoms with E-state index >= 15 is 0 Å². The highest BCUT2D eigenvalue weighted by Crippen LogP contribution is 2.22. The molecule has 0 amide bonds. The van der Waals surface area contributed by atoms with Crippen LogP contribution >= 0.6 is 0 Å². The molecule has 0 bridgehead atoms. The summed E-state index contributed by atoms with van der Waals surface area (Å²) in [5.74, 6) is -0.312. The predicted octanol–water partition coefficient (Wildman–Crippen LogP) is 4.74. The summed E-state index contributed by atoms with van der Waals surface area (Å²) in [4.78, 5) is 13.0. The van der Waals surface area contributed by atoms with Gasteiger partial charge in [0.15, 0.2) is 0 Å². The molecular weight excluding hydrogens is 327 g/mol. The molecule has 0 spiro atoms. The van der Waals surface area contributed by atoms with Crippen molar-refractivity contribution in [2.75, 3.05) is 0 Å². The number of aryl methyl sites for hydroxylation is 1. The van der Waals surface area contributed by atoms with Crippen molar-refractivity contribution in [1.82, 2.24) is 19.5 Å². The quantitative estimate of drug-likeness (QED) is 0.539. The highest BCUT2D eigenvalue weighted by Gasteiger charge is 2.09. The highest BCUT2D eigenvalue weighted by molar-refractivity contribution is 5.77. The van der Waals surface area contributed by atoms with Crippen LogP contribution in [0.3, 0.4) is 0 Å². The third kappa shape index (κ3) is 2.99. The Morgan fingerprint density at radius 1 is 1.00 bits per heavy atom. The molecule has 4 nitrogen and oxygen atoms in total. The molecule has 0 saturated heterocycles. The number of rotatable bonds is 3. The minimum absolute atomic E-state index is 0.312. The van der Waals surface area contributed by atoms with Crippen molar-refractivity contribution >= 4 is 23.2 Å². The Labute approximate surface area is 150 Å². The number of pyridine rings is 1. The average Bonchev–Trinajstić information content (AvgIpc) is 2.94. The SMILES string of the molecule is Cc1cc(/C=C/c2cnc3ccc(F)cc3n2)c(C)n1-c1cccnc1. The molecule has 4 aromatic rings. The zero-order valence-electron chi connectivity index (χ0n) is 14.5. The Balaban J connectivity index is 1.69. The normalized spacial score (nSPS) is 11.5. The van der Waals surface area contributed by atoms with Crippen molar-refractivity contribution in [2.45, 2.75) is 13.8 Å². The first-order valence-electron chi connectivity index (χ1n) is 8.31. The molecule has 0 atom stereocenters. The van der Waals surface area contributed by atoms with Gasteiger partial charge >= 0.3 is 0 Å². The van der Waals surface area contributed by atoms with E-state index in [1.165, 1.54) is 12.1 Å². The number of aromatic nitrogens is 4. The van der Waals surface area contributed by atoms with Crippen LogP contribution in [0, 0.1) is 19.7 Å². The average molecular weight is 344 g/mol. The molecule has 5 heteroatoms. The number of nitrogens with zero attached hydrogens (tertiary/aromatic N) is 4. The lowest BCUT2D eigenvalue weighted by molar-refractivity contribution is 0.629. The van der Waals surface area contributed by atoms with Crippen molar-refractivity contribution in [3.8, 4) is 5.69 Å². The smallest absolute Gasteiger partial charge is 0.125 e. The van der Waals surface area contributed by atoms with Crippen LogP contribution < -0.4 is 0 Å². The second-order valence-electron chi connectivity index (χ2n) is 6.13. The van der Waals surface area contributed by atoms with Crippen LogP contribution in [0.4, 0.5) is 4.39 Å². The van der Waals surface area contributed by atoms with Gasteiger partial charge in [0, 0.05) is 23.7 Å². The zero-order valence-corrected chi connectivity index (χ0v) is 14.5. The molecule has 0 aliphatic heterocycles. The second-order valence-corrected chi connectivity index (χ2v) is 6.13. The summed E-state index contributed by atoms with van der Waals surface area (Å²) >= 11 is 0. The van der Waals surface area contributed by atoms with Gasteiger partial charge in [0.2, 0.25) is 0 Å². The molecule has 4 rings (SSSR count). The van der Waals surface area contributed by atoms with Crippen LogP contribution in [-0.4, -0.2) is 19.5 Å². The van der Waals surface area contributed by atoms with Crippen LogP contribution in [0.1, 0.15) is 22.6 Å². The van der Waals surface area contributed by atoms with E-state index in [-0.39, 0.29) is 5.82 Å². The third-order valence-electron chi connectivity index (χ3n) is 4.33. The van der Waals surface area contributed by atoms with Crippen LogP contribution in [0.15, 0.2) is 55.0 Å². The zero-order chi connectivity index (χ0) is 18.1. The molecule has 3 aromatic heterocycles. The van der Waals surface area contributed by atoms with Gasteiger partial charge in [-0.3, -0.25) is 9.97 Å². The number of fused-ring (bicyclic) bond motifs is 1. The molecule has 1 aromatic carbocycles. The maximum atomic E-state index is 13.4. The Morgan fingerprint density at radius 3 is 2.69 bits per heavy atom. The molecular formula is C21H17FN4. The van der Waals surface area contributed by atoms with Gasteiger partial charge in [0.1, 0.15) is 5.82 Å². The summed E-state index contributed by atoms with van der Waals surface area (Å²) in [6.07, 6.45) is 9.20. The Kier molecular flexibility index (Phi) is 4.05. The minimum atomic E-state index is -0.312. The van der Waals surface area contributed by atoms with Crippen LogP contribution in [0.2, 0.25) is 0 Å². The summed E-state index contributed by atoms with van der Waals surface area (Å²) < 4.78 is 15.5. The van der Waals surface area contributed by atoms with E-state index in [0.717, 1.165) is 22.6 Å². The first-order chi connectivity index (χ1) is 12.6. The largest absolute Gasteiger partial charge is 0.316 e. The first-order valence-corrected chi connectivity index (χ1v) is 8.31. The number of halogens is 1. The minimum Gasteiger partial charge on any atom is -0.316 e. The monoisotopic (exact) mass is 344 g/mol. The van der Waals surface area contributed by atoms with Gasteiger partial charge in [-0.15, -0.1) is 0 Å². The standard InChI is InChI=1S/C21H17FN4/c1-14-10-16(15(2)26(14)19-4-3-9-23-13-19)5-7-18-12-24-20-8-6-17(22)11-21(20)25-18/h3-13H,1-2H3/b7-5+. The lowest BCUT2D eigenvalue weighted by Gasteiger charge is -2.08. The van der Waals surface area contributed by atoms with Gasteiger partial charge < -0.3 is 4.57 Å². The molecule has 26 heavy (non-hydrogen) atoms. The lowest BCUT2D eigenvalue weighted by atomic mass is 10.2. The van der Waals surface area contributed by atoms with Crippen molar-refractivity contribution in [1.29, 1.82) is 0 Å². The molecule has 128 valence electrons. The molecule has 0 saturated carbocycles. The van der Waals surface area contributed by atoms with Gasteiger partial charge in [-0.25, -0.2) is 9.37 Å². The van der Waals surface area contributed by atoms with Gasteiger partial charge in [0.25, 0.3) is 0 Å². The first kappa shape index (κ1) is 16.1. The fraction of sp³-hybridized carbons (Fsp3) is 0.0952. The predicted molar refractivity (Wildman–Crippen MR) is 101 cm³/mol. The fourth-order valence-electron chi connectivity index (χ4n) is 3.09. The molecule has 0 aliphatic rings. The summed E-state index contributed by atoms with van der Waals surface area (Å²) in [5, 5.41) is 0. The number of hydrogen-bond acceptors (Lipinski definition) is 3. The summed E-state index contributed by atoms with van der Waals surface area (Å²) in [7, 11) is 0. The lowest BCUT2D eigenvalue weighted by Crippen LogP contribution is -1.99. The maximum absolute atomic E-state index is 13.4. The Bertz CT molecular complexity index is 1110. The number of hydrogen-bond donors (Lipinski definition) is 0. The van der Waals surface area contributed by atoms with Gasteiger partial charge in [0.05, 0.1) is 34.8 Å². The van der Waals surface area contributed by atoms with Crippen LogP contribution in [0.25, 0.3) is 28.9 Å². The second kappa shape index (κ2) is 6.52. The van der Waals surface area contributed by atoms with E-state index in [1.54, 1.807) is 18.5 Å². The fourth-order valence-corrected chi connectivity index (χ4v) is 3.09. The van der Waals surface area contributed by atoms with Gasteiger partial charge in [-0.05, 0) is 55.8 Å². The molecule has 0 radical (unpaired) electrons. The number of benzene rings is 1. The molecule has 0 unspecified atom stereocenters. The van der Waals surface area contributed by atoms with E-state index in [9.17, 15) is 4.39 Å². The summed E-state index contributed by atoms with van der Waals surface area (Å²) in [6, 6.07) is 10.5. The highest BCUT2D eigenvalue weighted by atomic mass is 19.1. The van der Waals surface area contributed by atoms with Crippen molar-refractivity contribution in [2.24, 2.45) is 0 Å². The van der Waals surface area contributed by atoms with E-state index in [4.69, 9.17) is 0 Å². The van der Waals surface area contributed by atoms with Crippen LogP contribution in [-0.2, 0) is 0 Å². The van der Waals surface area contributed by atoms with E-state index in [0.29, 0.717) is 16.7 Å². The molecule has 3 heterocycles. The van der Waals surface area contributed by atoms with Gasteiger partial charge in [-0.1, -0.05) is 6.08 Å². The van der Waals surface area contributed by atoms with Crippen LogP contribution in [0.5, 0.6) is 0 Å². The van der Waals surface area contributed by atoms with Crippen molar-refractivity contribution < 1.29 is 4.39 Å². The molecule has 0 aliphatic carbocycles. The van der Waals surface area contributed by atoms with Crippen molar-refractivity contribution in [3.05, 3.63) is 83.5 Å². The van der Waals surface area contributed by atoms with E-state index < -0.39 is 0 Å². The topological polar surface area (TPSA) is 43.6 Å². The maximum Gasteiger partial charge on any atom is 0.125 e. The summed E-state index contributed by atoms with van der Waals surface area (Å²) in [6.45, 7) is 4.14. The van der Waals surface area contributed by atoms with Crippen molar-refractivity contribution in [3.63, 3.8) is 0 Å². The van der Waals surface area contributed by atoms with E-state index in [1.807, 2.05) is 30.5 Å². The third-order valence-corrected chi connectivity index (χ3v) is 4.33. The molecule has 0 fully saturated rings. The Hall–Kier alpha value is -3.34.